The van der Waals surface area contributed by atoms with Gasteiger partial charge in [-0.2, -0.15) is 0 Å². The van der Waals surface area contributed by atoms with Crippen LogP contribution in [0.4, 0.5) is 4.39 Å². The van der Waals surface area contributed by atoms with Crippen LogP contribution in [-0.2, 0) is 4.79 Å². The van der Waals surface area contributed by atoms with E-state index in [1.54, 1.807) is 0 Å². The molecule has 0 aliphatic heterocycles. The number of halogens is 1. The second-order valence-corrected chi connectivity index (χ2v) is 3.87. The first-order valence-electron chi connectivity index (χ1n) is 4.88. The summed E-state index contributed by atoms with van der Waals surface area (Å²) in [7, 11) is 0. The molecule has 0 heterocycles. The summed E-state index contributed by atoms with van der Waals surface area (Å²) in [6.07, 6.45) is 2.52. The molecular formula is C12H11FO3. The van der Waals surface area contributed by atoms with E-state index in [0.717, 1.165) is 0 Å². The lowest BCUT2D eigenvalue weighted by molar-refractivity contribution is -0.119. The van der Waals surface area contributed by atoms with Gasteiger partial charge in [0.25, 0.3) is 0 Å². The van der Waals surface area contributed by atoms with Gasteiger partial charge in [-0.1, -0.05) is 12.1 Å². The first-order valence-corrected chi connectivity index (χ1v) is 4.88. The predicted molar refractivity (Wildman–Crippen MR) is 55.3 cm³/mol. The van der Waals surface area contributed by atoms with Crippen LogP contribution in [0, 0.1) is 5.82 Å². The minimum Gasteiger partial charge on any atom is -0.393 e. The molecule has 0 fully saturated rings. The summed E-state index contributed by atoms with van der Waals surface area (Å²) in [5, 5.41) is 19.1. The molecule has 1 aromatic carbocycles. The van der Waals surface area contributed by atoms with Gasteiger partial charge >= 0.3 is 0 Å². The fraction of sp³-hybridized carbons (Fsp3) is 0.250. The van der Waals surface area contributed by atoms with E-state index >= 15 is 0 Å². The molecule has 0 amide bonds. The van der Waals surface area contributed by atoms with Gasteiger partial charge in [0.15, 0.2) is 5.78 Å². The van der Waals surface area contributed by atoms with Crippen LogP contribution in [-0.4, -0.2) is 28.2 Å². The van der Waals surface area contributed by atoms with E-state index in [1.807, 2.05) is 0 Å². The summed E-state index contributed by atoms with van der Waals surface area (Å²) in [5.74, 6) is -1.55. The molecule has 1 aromatic rings. The monoisotopic (exact) mass is 222 g/mol. The molecule has 3 nitrogen and oxygen atoms in total. The molecule has 4 heteroatoms. The molecule has 16 heavy (non-hydrogen) atoms. The van der Waals surface area contributed by atoms with Crippen LogP contribution >= 0.6 is 0 Å². The second kappa shape index (κ2) is 3.81. The van der Waals surface area contributed by atoms with E-state index in [2.05, 4.69) is 0 Å². The van der Waals surface area contributed by atoms with Gasteiger partial charge < -0.3 is 10.2 Å². The van der Waals surface area contributed by atoms with Gasteiger partial charge in [0.1, 0.15) is 11.4 Å². The molecular weight excluding hydrogens is 211 g/mol. The van der Waals surface area contributed by atoms with Crippen molar-refractivity contribution in [1.82, 2.24) is 0 Å². The fourth-order valence-electron chi connectivity index (χ4n) is 1.92. The number of aliphatic hydroxyl groups is 2. The molecule has 0 spiro atoms. The van der Waals surface area contributed by atoms with E-state index in [-0.39, 0.29) is 5.78 Å². The Kier molecular flexibility index (Phi) is 2.61. The van der Waals surface area contributed by atoms with Crippen LogP contribution in [0.2, 0.25) is 0 Å². The summed E-state index contributed by atoms with van der Waals surface area (Å²) in [4.78, 5) is 11.6. The van der Waals surface area contributed by atoms with E-state index in [1.165, 1.54) is 36.4 Å². The lowest BCUT2D eigenvalue weighted by Gasteiger charge is -2.26. The first-order chi connectivity index (χ1) is 7.57. The Balaban J connectivity index is 2.40. The van der Waals surface area contributed by atoms with Crippen molar-refractivity contribution in [2.75, 3.05) is 6.61 Å². The van der Waals surface area contributed by atoms with Crippen LogP contribution in [0.5, 0.6) is 0 Å². The van der Waals surface area contributed by atoms with Gasteiger partial charge in [-0.15, -0.1) is 0 Å². The van der Waals surface area contributed by atoms with E-state index in [0.29, 0.717) is 5.56 Å². The molecule has 1 unspecified atom stereocenters. The van der Waals surface area contributed by atoms with Crippen molar-refractivity contribution in [3.05, 3.63) is 47.8 Å². The summed E-state index contributed by atoms with van der Waals surface area (Å²) >= 11 is 0. The Labute approximate surface area is 91.8 Å². The Bertz CT molecular complexity index is 438. The minimum atomic E-state index is -1.57. The number of carbonyl (C=O) groups is 1. The van der Waals surface area contributed by atoms with Crippen molar-refractivity contribution >= 4 is 5.78 Å². The summed E-state index contributed by atoms with van der Waals surface area (Å²) in [6, 6.07) is 5.31. The molecule has 0 bridgehead atoms. The zero-order valence-electron chi connectivity index (χ0n) is 8.43. The number of allylic oxidation sites excluding steroid dienone is 1. The number of hydrogen-bond acceptors (Lipinski definition) is 3. The maximum atomic E-state index is 12.7. The number of carbonyl (C=O) groups excluding carboxylic acids is 1. The smallest absolute Gasteiger partial charge is 0.166 e. The number of aliphatic hydroxyl groups excluding tert-OH is 1. The van der Waals surface area contributed by atoms with Crippen molar-refractivity contribution in [1.29, 1.82) is 0 Å². The van der Waals surface area contributed by atoms with Gasteiger partial charge in [0.05, 0.1) is 12.5 Å². The van der Waals surface area contributed by atoms with E-state index < -0.39 is 23.9 Å². The second-order valence-electron chi connectivity index (χ2n) is 3.87. The molecule has 1 aliphatic rings. The van der Waals surface area contributed by atoms with Crippen molar-refractivity contribution in [2.45, 2.75) is 11.5 Å². The third-order valence-electron chi connectivity index (χ3n) is 2.78. The fourth-order valence-corrected chi connectivity index (χ4v) is 1.92. The minimum absolute atomic E-state index is 0.289. The summed E-state index contributed by atoms with van der Waals surface area (Å²) in [6.45, 7) is -0.544. The average molecular weight is 222 g/mol. The van der Waals surface area contributed by atoms with E-state index in [4.69, 9.17) is 5.11 Å². The molecule has 0 radical (unpaired) electrons. The predicted octanol–water partition coefficient (Wildman–Crippen LogP) is 0.772. The van der Waals surface area contributed by atoms with Gasteiger partial charge in [-0.05, 0) is 29.8 Å². The largest absolute Gasteiger partial charge is 0.393 e. The number of ketones is 1. The van der Waals surface area contributed by atoms with Crippen LogP contribution in [0.25, 0.3) is 0 Å². The molecule has 2 rings (SSSR count). The average Bonchev–Trinajstić information content (AvgIpc) is 2.58. The normalized spacial score (nSPS) is 28.7. The summed E-state index contributed by atoms with van der Waals surface area (Å²) < 4.78 is 12.7. The summed E-state index contributed by atoms with van der Waals surface area (Å²) in [5.41, 5.74) is -1.08. The maximum Gasteiger partial charge on any atom is 0.166 e. The number of rotatable bonds is 2. The van der Waals surface area contributed by atoms with Gasteiger partial charge in [-0.25, -0.2) is 4.39 Å². The van der Waals surface area contributed by atoms with Gasteiger partial charge in [0, 0.05) is 0 Å². The highest BCUT2D eigenvalue weighted by Crippen LogP contribution is 2.35. The standard InChI is InChI=1S/C12H11FO3/c13-9-3-1-8(2-4-9)11-10(15)5-6-12(11,16)7-14/h1-6,11,14,16H,7H2/t11?,12-/m1/s1. The zero-order valence-corrected chi connectivity index (χ0v) is 8.43. The van der Waals surface area contributed by atoms with Crippen molar-refractivity contribution < 1.29 is 19.4 Å². The van der Waals surface area contributed by atoms with Gasteiger partial charge in [0.2, 0.25) is 0 Å². The lowest BCUT2D eigenvalue weighted by Crippen LogP contribution is -2.37. The third kappa shape index (κ3) is 1.66. The van der Waals surface area contributed by atoms with Crippen LogP contribution < -0.4 is 0 Å². The molecule has 1 aliphatic carbocycles. The Morgan fingerprint density at radius 1 is 1.31 bits per heavy atom. The highest BCUT2D eigenvalue weighted by Gasteiger charge is 2.43. The first kappa shape index (κ1) is 11.0. The lowest BCUT2D eigenvalue weighted by atomic mass is 9.84. The van der Waals surface area contributed by atoms with Crippen LogP contribution in [0.15, 0.2) is 36.4 Å². The quantitative estimate of drug-likeness (QED) is 0.777. The number of benzene rings is 1. The van der Waals surface area contributed by atoms with Crippen molar-refractivity contribution in [3.63, 3.8) is 0 Å². The number of hydrogen-bond donors (Lipinski definition) is 2. The Morgan fingerprint density at radius 3 is 2.50 bits per heavy atom. The molecule has 0 saturated heterocycles. The van der Waals surface area contributed by atoms with Crippen LogP contribution in [0.3, 0.4) is 0 Å². The van der Waals surface area contributed by atoms with Crippen molar-refractivity contribution in [2.24, 2.45) is 0 Å². The highest BCUT2D eigenvalue weighted by atomic mass is 19.1. The zero-order chi connectivity index (χ0) is 11.8. The maximum absolute atomic E-state index is 12.7. The Hall–Kier alpha value is -1.52. The SMILES string of the molecule is O=C1C=C[C@@](O)(CO)C1c1ccc(F)cc1. The van der Waals surface area contributed by atoms with Crippen molar-refractivity contribution in [3.8, 4) is 0 Å². The third-order valence-corrected chi connectivity index (χ3v) is 2.78. The molecule has 0 saturated carbocycles. The topological polar surface area (TPSA) is 57.5 Å². The highest BCUT2D eigenvalue weighted by molar-refractivity contribution is 5.99. The van der Waals surface area contributed by atoms with Gasteiger partial charge in [-0.3, -0.25) is 4.79 Å². The molecule has 2 N–H and O–H groups in total. The molecule has 0 aromatic heterocycles. The van der Waals surface area contributed by atoms with Crippen LogP contribution in [0.1, 0.15) is 11.5 Å². The Morgan fingerprint density at radius 2 is 1.94 bits per heavy atom. The van der Waals surface area contributed by atoms with E-state index in [9.17, 15) is 14.3 Å². The molecule has 2 atom stereocenters. The molecule has 84 valence electrons.